The van der Waals surface area contributed by atoms with Gasteiger partial charge in [-0.3, -0.25) is 4.79 Å². The van der Waals surface area contributed by atoms with Gasteiger partial charge in [-0.25, -0.2) is 0 Å². The second-order valence-corrected chi connectivity index (χ2v) is 4.75. The van der Waals surface area contributed by atoms with Gasteiger partial charge < -0.3 is 16.0 Å². The minimum Gasteiger partial charge on any atom is -0.399 e. The molecule has 0 bridgehead atoms. The first-order valence-electron chi connectivity index (χ1n) is 5.97. The molecule has 19 heavy (non-hydrogen) atoms. The summed E-state index contributed by atoms with van der Waals surface area (Å²) in [6.07, 6.45) is 1.16. The number of hydrogen-bond donors (Lipinski definition) is 2. The fourth-order valence-corrected chi connectivity index (χ4v) is 2.21. The molecule has 0 radical (unpaired) electrons. The first-order chi connectivity index (χ1) is 8.15. The summed E-state index contributed by atoms with van der Waals surface area (Å²) in [4.78, 5) is 14.1. The lowest BCUT2D eigenvalue weighted by molar-refractivity contribution is 0.0947. The molecule has 108 valence electrons. The molecule has 4 nitrogen and oxygen atoms in total. The van der Waals surface area contributed by atoms with Crippen molar-refractivity contribution in [2.45, 2.75) is 6.42 Å². The van der Waals surface area contributed by atoms with Gasteiger partial charge in [0.25, 0.3) is 5.91 Å². The molecule has 1 heterocycles. The normalized spacial score (nSPS) is 18.3. The first kappa shape index (κ1) is 18.0. The number of rotatable bonds is 3. The van der Waals surface area contributed by atoms with E-state index < -0.39 is 0 Å². The zero-order chi connectivity index (χ0) is 12.3. The molecule has 3 N–H and O–H groups in total. The van der Waals surface area contributed by atoms with Gasteiger partial charge in [0.1, 0.15) is 0 Å². The second kappa shape index (κ2) is 8.25. The quantitative estimate of drug-likeness (QED) is 0.837. The number of nitrogen functional groups attached to an aromatic ring is 1. The van der Waals surface area contributed by atoms with Crippen molar-refractivity contribution >= 4 is 36.4 Å². The van der Waals surface area contributed by atoms with E-state index in [0.29, 0.717) is 17.2 Å². The van der Waals surface area contributed by atoms with Crippen LogP contribution in [0.1, 0.15) is 16.8 Å². The van der Waals surface area contributed by atoms with E-state index in [1.54, 1.807) is 24.3 Å². The van der Waals surface area contributed by atoms with Gasteiger partial charge in [-0.05, 0) is 44.1 Å². The lowest BCUT2D eigenvalue weighted by atomic mass is 10.1. The Kier molecular flexibility index (Phi) is 7.83. The molecule has 2 rings (SSSR count). The van der Waals surface area contributed by atoms with E-state index >= 15 is 0 Å². The van der Waals surface area contributed by atoms with E-state index in [2.05, 4.69) is 17.3 Å². The lowest BCUT2D eigenvalue weighted by Crippen LogP contribution is -2.30. The summed E-state index contributed by atoms with van der Waals surface area (Å²) in [6.45, 7) is 2.94. The molecule has 1 aliphatic rings. The van der Waals surface area contributed by atoms with Crippen LogP contribution in [-0.4, -0.2) is 37.5 Å². The maximum Gasteiger partial charge on any atom is 0.251 e. The number of nitrogens with two attached hydrogens (primary N) is 1. The van der Waals surface area contributed by atoms with E-state index in [-0.39, 0.29) is 30.7 Å². The highest BCUT2D eigenvalue weighted by atomic mass is 35.5. The molecule has 1 saturated heterocycles. The summed E-state index contributed by atoms with van der Waals surface area (Å²) < 4.78 is 0. The maximum absolute atomic E-state index is 11.9. The third kappa shape index (κ3) is 5.27. The second-order valence-electron chi connectivity index (χ2n) is 4.75. The van der Waals surface area contributed by atoms with Gasteiger partial charge in [0.05, 0.1) is 0 Å². The van der Waals surface area contributed by atoms with Crippen LogP contribution in [0.15, 0.2) is 24.3 Å². The van der Waals surface area contributed by atoms with E-state index in [4.69, 9.17) is 5.73 Å². The SMILES string of the molecule is CN1CCC(CNC(=O)c2cccc(N)c2)C1.Cl.Cl. The van der Waals surface area contributed by atoms with E-state index in [1.807, 2.05) is 0 Å². The Labute approximate surface area is 126 Å². The van der Waals surface area contributed by atoms with Crippen molar-refractivity contribution in [2.75, 3.05) is 32.4 Å². The van der Waals surface area contributed by atoms with Gasteiger partial charge in [-0.2, -0.15) is 0 Å². The fraction of sp³-hybridized carbons (Fsp3) is 0.462. The van der Waals surface area contributed by atoms with Gasteiger partial charge in [0.15, 0.2) is 0 Å². The number of carbonyl (C=O) groups excluding carboxylic acids is 1. The molecular formula is C13H21Cl2N3O. The molecule has 0 aromatic heterocycles. The molecule has 1 atom stereocenters. The van der Waals surface area contributed by atoms with Crippen molar-refractivity contribution in [2.24, 2.45) is 5.92 Å². The van der Waals surface area contributed by atoms with Crippen LogP contribution in [0.2, 0.25) is 0 Å². The van der Waals surface area contributed by atoms with Crippen LogP contribution in [-0.2, 0) is 0 Å². The van der Waals surface area contributed by atoms with Crippen LogP contribution >= 0.6 is 24.8 Å². The number of halogens is 2. The van der Waals surface area contributed by atoms with Gasteiger partial charge in [-0.1, -0.05) is 6.07 Å². The van der Waals surface area contributed by atoms with Crippen molar-refractivity contribution in [3.05, 3.63) is 29.8 Å². The summed E-state index contributed by atoms with van der Waals surface area (Å²) in [6, 6.07) is 7.07. The third-order valence-electron chi connectivity index (χ3n) is 3.19. The van der Waals surface area contributed by atoms with Crippen LogP contribution < -0.4 is 11.1 Å². The Morgan fingerprint density at radius 3 is 2.79 bits per heavy atom. The number of amides is 1. The van der Waals surface area contributed by atoms with Crippen molar-refractivity contribution in [3.8, 4) is 0 Å². The standard InChI is InChI=1S/C13H19N3O.2ClH/c1-16-6-5-10(9-16)8-15-13(17)11-3-2-4-12(14)7-11;;/h2-4,7,10H,5-6,8-9,14H2,1H3,(H,15,17);2*1H. The van der Waals surface area contributed by atoms with E-state index in [0.717, 1.165) is 26.1 Å². The van der Waals surface area contributed by atoms with Crippen molar-refractivity contribution in [3.63, 3.8) is 0 Å². The minimum atomic E-state index is -0.0353. The van der Waals surface area contributed by atoms with Crippen LogP contribution in [0.3, 0.4) is 0 Å². The predicted molar refractivity (Wildman–Crippen MR) is 83.3 cm³/mol. The van der Waals surface area contributed by atoms with Crippen LogP contribution in [0.5, 0.6) is 0 Å². The zero-order valence-electron chi connectivity index (χ0n) is 11.0. The smallest absolute Gasteiger partial charge is 0.251 e. The summed E-state index contributed by atoms with van der Waals surface area (Å²) in [5.74, 6) is 0.539. The van der Waals surface area contributed by atoms with Crippen LogP contribution in [0, 0.1) is 5.92 Å². The van der Waals surface area contributed by atoms with Crippen molar-refractivity contribution in [1.29, 1.82) is 0 Å². The average molecular weight is 306 g/mol. The van der Waals surface area contributed by atoms with Crippen LogP contribution in [0.4, 0.5) is 5.69 Å². The summed E-state index contributed by atoms with van der Waals surface area (Å²) in [5, 5.41) is 2.97. The first-order valence-corrected chi connectivity index (χ1v) is 5.97. The summed E-state index contributed by atoms with van der Waals surface area (Å²) in [7, 11) is 2.11. The van der Waals surface area contributed by atoms with Gasteiger partial charge in [0, 0.05) is 24.3 Å². The fourth-order valence-electron chi connectivity index (χ4n) is 2.21. The third-order valence-corrected chi connectivity index (χ3v) is 3.19. The van der Waals surface area contributed by atoms with Crippen molar-refractivity contribution < 1.29 is 4.79 Å². The molecule has 1 aromatic rings. The highest BCUT2D eigenvalue weighted by Crippen LogP contribution is 2.13. The van der Waals surface area contributed by atoms with Crippen molar-refractivity contribution in [1.82, 2.24) is 10.2 Å². The minimum absolute atomic E-state index is 0. The number of nitrogens with one attached hydrogen (secondary N) is 1. The number of benzene rings is 1. The zero-order valence-corrected chi connectivity index (χ0v) is 12.6. The number of anilines is 1. The summed E-state index contributed by atoms with van der Waals surface area (Å²) >= 11 is 0. The van der Waals surface area contributed by atoms with Crippen LogP contribution in [0.25, 0.3) is 0 Å². The highest BCUT2D eigenvalue weighted by molar-refractivity contribution is 5.94. The largest absolute Gasteiger partial charge is 0.399 e. The van der Waals surface area contributed by atoms with Gasteiger partial charge in [0.2, 0.25) is 0 Å². The molecule has 1 fully saturated rings. The summed E-state index contributed by atoms with van der Waals surface area (Å²) in [5.41, 5.74) is 6.91. The van der Waals surface area contributed by atoms with Gasteiger partial charge in [-0.15, -0.1) is 24.8 Å². The molecule has 1 amide bonds. The molecule has 0 spiro atoms. The highest BCUT2D eigenvalue weighted by Gasteiger charge is 2.19. The molecule has 1 aromatic carbocycles. The number of nitrogens with zero attached hydrogens (tertiary/aromatic N) is 1. The van der Waals surface area contributed by atoms with E-state index in [9.17, 15) is 4.79 Å². The Morgan fingerprint density at radius 2 is 2.21 bits per heavy atom. The Balaban J connectivity index is 0.00000162. The number of likely N-dealkylation sites (tertiary alicyclic amines) is 1. The maximum atomic E-state index is 11.9. The molecule has 0 aliphatic carbocycles. The molecule has 1 aliphatic heterocycles. The number of carbonyl (C=O) groups is 1. The Hall–Kier alpha value is -0.970. The molecule has 6 heteroatoms. The Bertz CT molecular complexity index is 415. The predicted octanol–water partition coefficient (Wildman–Crippen LogP) is 1.79. The topological polar surface area (TPSA) is 58.4 Å². The molecule has 0 saturated carbocycles. The number of hydrogen-bond acceptors (Lipinski definition) is 3. The average Bonchev–Trinajstić information content (AvgIpc) is 2.72. The Morgan fingerprint density at radius 1 is 1.47 bits per heavy atom. The molecule has 1 unspecified atom stereocenters. The monoisotopic (exact) mass is 305 g/mol. The van der Waals surface area contributed by atoms with Gasteiger partial charge >= 0.3 is 0 Å². The molecular weight excluding hydrogens is 285 g/mol. The lowest BCUT2D eigenvalue weighted by Gasteiger charge is -2.11. The van der Waals surface area contributed by atoms with E-state index in [1.165, 1.54) is 0 Å².